The van der Waals surface area contributed by atoms with Crippen LogP contribution < -0.4 is 4.90 Å². The molecule has 1 N–H and O–H groups in total. The maximum Gasteiger partial charge on any atom is 0.336 e. The quantitative estimate of drug-likeness (QED) is 0.631. The Bertz CT molecular complexity index is 729. The number of rotatable bonds is 4. The lowest BCUT2D eigenvalue weighted by molar-refractivity contribution is -0.130. The largest absolute Gasteiger partial charge is 0.478 e. The Hall–Kier alpha value is -2.26. The van der Waals surface area contributed by atoms with Gasteiger partial charge in [0.1, 0.15) is 0 Å². The molecule has 0 saturated carbocycles. The number of piperidine rings is 1. The molecule has 0 aliphatic carbocycles. The van der Waals surface area contributed by atoms with E-state index in [4.69, 9.17) is 11.6 Å². The average Bonchev–Trinajstić information content (AvgIpc) is 2.62. The summed E-state index contributed by atoms with van der Waals surface area (Å²) in [4.78, 5) is 14.0. The van der Waals surface area contributed by atoms with Crippen LogP contribution in [0.5, 0.6) is 0 Å². The molecule has 0 bridgehead atoms. The molecule has 3 rings (SSSR count). The standard InChI is InChI=1S/C20H20ClNO2/c21-17-8-6-16(7-9-17)19(20(23)24)14-15-4-10-18(11-5-15)22-12-2-1-3-13-22/h4-11,14H,1-3,12-13H2,(H,23,24)/b19-14-. The number of hydrogen-bond donors (Lipinski definition) is 1. The third kappa shape index (κ3) is 3.98. The fourth-order valence-corrected chi connectivity index (χ4v) is 3.12. The molecule has 0 amide bonds. The van der Waals surface area contributed by atoms with Gasteiger partial charge in [0, 0.05) is 23.8 Å². The third-order valence-corrected chi connectivity index (χ3v) is 4.56. The Balaban J connectivity index is 1.84. The van der Waals surface area contributed by atoms with E-state index in [1.54, 1.807) is 30.3 Å². The third-order valence-electron chi connectivity index (χ3n) is 4.31. The van der Waals surface area contributed by atoms with Crippen molar-refractivity contribution in [1.29, 1.82) is 0 Å². The van der Waals surface area contributed by atoms with Crippen molar-refractivity contribution in [2.75, 3.05) is 18.0 Å². The molecule has 124 valence electrons. The SMILES string of the molecule is O=C(O)/C(=C\c1ccc(N2CCCCC2)cc1)c1ccc(Cl)cc1. The number of carboxylic acids is 1. The summed E-state index contributed by atoms with van der Waals surface area (Å²) < 4.78 is 0. The lowest BCUT2D eigenvalue weighted by atomic mass is 10.0. The normalized spacial score (nSPS) is 15.4. The summed E-state index contributed by atoms with van der Waals surface area (Å²) in [5.74, 6) is -0.947. The van der Waals surface area contributed by atoms with Crippen LogP contribution in [0.2, 0.25) is 5.02 Å². The van der Waals surface area contributed by atoms with E-state index in [0.717, 1.165) is 18.7 Å². The van der Waals surface area contributed by atoms with E-state index in [0.29, 0.717) is 10.6 Å². The van der Waals surface area contributed by atoms with Crippen LogP contribution in [0.25, 0.3) is 11.6 Å². The lowest BCUT2D eigenvalue weighted by Crippen LogP contribution is -2.29. The van der Waals surface area contributed by atoms with Crippen molar-refractivity contribution in [1.82, 2.24) is 0 Å². The Kier molecular flexibility index (Phi) is 5.21. The van der Waals surface area contributed by atoms with Gasteiger partial charge < -0.3 is 10.0 Å². The van der Waals surface area contributed by atoms with Gasteiger partial charge in [0.05, 0.1) is 5.57 Å². The second-order valence-corrected chi connectivity index (χ2v) is 6.45. The molecule has 0 unspecified atom stereocenters. The lowest BCUT2D eigenvalue weighted by Gasteiger charge is -2.28. The highest BCUT2D eigenvalue weighted by atomic mass is 35.5. The number of hydrogen-bond acceptors (Lipinski definition) is 2. The fraction of sp³-hybridized carbons (Fsp3) is 0.250. The first-order valence-electron chi connectivity index (χ1n) is 8.19. The molecular weight excluding hydrogens is 322 g/mol. The van der Waals surface area contributed by atoms with Crippen LogP contribution >= 0.6 is 11.6 Å². The Morgan fingerprint density at radius 2 is 1.58 bits per heavy atom. The van der Waals surface area contributed by atoms with Gasteiger partial charge >= 0.3 is 5.97 Å². The van der Waals surface area contributed by atoms with Crippen molar-refractivity contribution < 1.29 is 9.90 Å². The Morgan fingerprint density at radius 1 is 0.958 bits per heavy atom. The number of carboxylic acid groups (broad SMARTS) is 1. The number of benzene rings is 2. The number of carbonyl (C=O) groups is 1. The van der Waals surface area contributed by atoms with Crippen LogP contribution in [-0.4, -0.2) is 24.2 Å². The van der Waals surface area contributed by atoms with Crippen molar-refractivity contribution in [3.8, 4) is 0 Å². The molecule has 0 radical (unpaired) electrons. The van der Waals surface area contributed by atoms with Gasteiger partial charge in [-0.05, 0) is 60.7 Å². The van der Waals surface area contributed by atoms with Crippen LogP contribution in [0, 0.1) is 0 Å². The summed E-state index contributed by atoms with van der Waals surface area (Å²) in [6.45, 7) is 2.20. The summed E-state index contributed by atoms with van der Waals surface area (Å²) in [6.07, 6.45) is 5.48. The minimum Gasteiger partial charge on any atom is -0.478 e. The van der Waals surface area contributed by atoms with E-state index in [2.05, 4.69) is 17.0 Å². The summed E-state index contributed by atoms with van der Waals surface area (Å²) in [7, 11) is 0. The molecule has 2 aromatic rings. The summed E-state index contributed by atoms with van der Waals surface area (Å²) in [5, 5.41) is 10.1. The molecule has 1 fully saturated rings. The summed E-state index contributed by atoms with van der Waals surface area (Å²) >= 11 is 5.88. The topological polar surface area (TPSA) is 40.5 Å². The van der Waals surface area contributed by atoms with E-state index in [1.165, 1.54) is 24.9 Å². The average molecular weight is 342 g/mol. The summed E-state index contributed by atoms with van der Waals surface area (Å²) in [5.41, 5.74) is 2.99. The molecule has 4 heteroatoms. The Morgan fingerprint density at radius 3 is 2.17 bits per heavy atom. The van der Waals surface area contributed by atoms with Gasteiger partial charge in [-0.3, -0.25) is 0 Å². The zero-order valence-corrected chi connectivity index (χ0v) is 14.2. The van der Waals surface area contributed by atoms with E-state index in [1.807, 2.05) is 12.1 Å². The highest BCUT2D eigenvalue weighted by Gasteiger charge is 2.12. The van der Waals surface area contributed by atoms with Gasteiger partial charge in [0.25, 0.3) is 0 Å². The molecule has 0 spiro atoms. The van der Waals surface area contributed by atoms with E-state index in [9.17, 15) is 9.90 Å². The highest BCUT2D eigenvalue weighted by Crippen LogP contribution is 2.24. The van der Waals surface area contributed by atoms with Crippen LogP contribution in [-0.2, 0) is 4.79 Å². The first-order valence-corrected chi connectivity index (χ1v) is 8.57. The van der Waals surface area contributed by atoms with E-state index >= 15 is 0 Å². The van der Waals surface area contributed by atoms with Gasteiger partial charge in [-0.2, -0.15) is 0 Å². The fourth-order valence-electron chi connectivity index (χ4n) is 3.00. The maximum atomic E-state index is 11.6. The molecule has 1 saturated heterocycles. The monoisotopic (exact) mass is 341 g/mol. The molecule has 24 heavy (non-hydrogen) atoms. The number of anilines is 1. The summed E-state index contributed by atoms with van der Waals surface area (Å²) in [6, 6.07) is 14.9. The van der Waals surface area contributed by atoms with Crippen LogP contribution in [0.1, 0.15) is 30.4 Å². The van der Waals surface area contributed by atoms with Crippen LogP contribution in [0.4, 0.5) is 5.69 Å². The first-order chi connectivity index (χ1) is 11.6. The molecule has 3 nitrogen and oxygen atoms in total. The second-order valence-electron chi connectivity index (χ2n) is 6.01. The number of aliphatic carboxylic acids is 1. The predicted molar refractivity (Wildman–Crippen MR) is 99.5 cm³/mol. The van der Waals surface area contributed by atoms with Gasteiger partial charge in [-0.1, -0.05) is 35.9 Å². The zero-order chi connectivity index (χ0) is 16.9. The van der Waals surface area contributed by atoms with Crippen molar-refractivity contribution in [2.45, 2.75) is 19.3 Å². The van der Waals surface area contributed by atoms with Gasteiger partial charge in [0.15, 0.2) is 0 Å². The van der Waals surface area contributed by atoms with Crippen LogP contribution in [0.15, 0.2) is 48.5 Å². The highest BCUT2D eigenvalue weighted by molar-refractivity contribution is 6.30. The predicted octanol–water partition coefficient (Wildman–Crippen LogP) is 4.96. The van der Waals surface area contributed by atoms with Crippen LogP contribution in [0.3, 0.4) is 0 Å². The maximum absolute atomic E-state index is 11.6. The minimum absolute atomic E-state index is 0.261. The molecule has 2 aromatic carbocycles. The number of nitrogens with zero attached hydrogens (tertiary/aromatic N) is 1. The van der Waals surface area contributed by atoms with Gasteiger partial charge in [0.2, 0.25) is 0 Å². The molecule has 1 aliphatic rings. The van der Waals surface area contributed by atoms with Crippen molar-refractivity contribution in [3.63, 3.8) is 0 Å². The molecule has 0 aromatic heterocycles. The first kappa shape index (κ1) is 16.6. The smallest absolute Gasteiger partial charge is 0.336 e. The van der Waals surface area contributed by atoms with E-state index < -0.39 is 5.97 Å². The van der Waals surface area contributed by atoms with Crippen molar-refractivity contribution in [2.24, 2.45) is 0 Å². The molecule has 1 aliphatic heterocycles. The van der Waals surface area contributed by atoms with E-state index in [-0.39, 0.29) is 5.57 Å². The molecule has 1 heterocycles. The van der Waals surface area contributed by atoms with Crippen molar-refractivity contribution in [3.05, 3.63) is 64.7 Å². The number of halogens is 1. The minimum atomic E-state index is -0.947. The molecule has 0 atom stereocenters. The van der Waals surface area contributed by atoms with Gasteiger partial charge in [-0.15, -0.1) is 0 Å². The Labute approximate surface area is 147 Å². The van der Waals surface area contributed by atoms with Crippen molar-refractivity contribution >= 4 is 34.9 Å². The zero-order valence-electron chi connectivity index (χ0n) is 13.4. The second kappa shape index (κ2) is 7.54. The van der Waals surface area contributed by atoms with Gasteiger partial charge in [-0.25, -0.2) is 4.79 Å². The molecular formula is C20H20ClNO2.